The first-order valence-electron chi connectivity index (χ1n) is 7.80. The Hall–Kier alpha value is -1.59. The molecule has 0 saturated carbocycles. The van der Waals surface area contributed by atoms with Crippen molar-refractivity contribution < 1.29 is 14.4 Å². The number of hydrogen-bond acceptors (Lipinski definition) is 3. The van der Waals surface area contributed by atoms with Crippen molar-refractivity contribution in [2.45, 2.75) is 72.0 Å². The largest absolute Gasteiger partial charge is 0.334 e. The molecule has 0 bridgehead atoms. The number of rotatable bonds is 3. The molecule has 1 rings (SSSR count). The Morgan fingerprint density at radius 3 is 2.23 bits per heavy atom. The second-order valence-electron chi connectivity index (χ2n) is 8.02. The number of urea groups is 1. The van der Waals surface area contributed by atoms with E-state index in [-0.39, 0.29) is 23.5 Å². The van der Waals surface area contributed by atoms with Crippen molar-refractivity contribution in [1.82, 2.24) is 15.5 Å². The third kappa shape index (κ3) is 5.00. The second kappa shape index (κ2) is 6.67. The monoisotopic (exact) mass is 311 g/mol. The molecular weight excluding hydrogens is 282 g/mol. The molecule has 1 fully saturated rings. The molecule has 2 N–H and O–H groups in total. The number of nitrogens with one attached hydrogen (secondary N) is 2. The van der Waals surface area contributed by atoms with Crippen molar-refractivity contribution in [3.63, 3.8) is 0 Å². The molecule has 6 nitrogen and oxygen atoms in total. The summed E-state index contributed by atoms with van der Waals surface area (Å²) in [5.41, 5.74) is -0.823. The lowest BCUT2D eigenvalue weighted by atomic mass is 9.85. The lowest BCUT2D eigenvalue weighted by Crippen LogP contribution is -2.59. The van der Waals surface area contributed by atoms with Crippen molar-refractivity contribution >= 4 is 18.2 Å². The zero-order valence-corrected chi connectivity index (χ0v) is 14.5. The molecule has 1 saturated heterocycles. The molecule has 0 aromatic carbocycles. The van der Waals surface area contributed by atoms with Crippen LogP contribution >= 0.6 is 0 Å². The van der Waals surface area contributed by atoms with Gasteiger partial charge < -0.3 is 20.3 Å². The van der Waals surface area contributed by atoms with Crippen LogP contribution in [0.5, 0.6) is 0 Å². The van der Waals surface area contributed by atoms with Crippen LogP contribution in [0.1, 0.15) is 54.4 Å². The van der Waals surface area contributed by atoms with Crippen LogP contribution < -0.4 is 10.6 Å². The minimum atomic E-state index is -0.671. The van der Waals surface area contributed by atoms with Gasteiger partial charge in [0.25, 0.3) is 0 Å². The zero-order chi connectivity index (χ0) is 17.1. The van der Waals surface area contributed by atoms with E-state index in [1.807, 2.05) is 41.5 Å². The molecule has 0 aromatic heterocycles. The van der Waals surface area contributed by atoms with E-state index in [4.69, 9.17) is 0 Å². The molecule has 1 aliphatic rings. The first-order valence-corrected chi connectivity index (χ1v) is 7.80. The van der Waals surface area contributed by atoms with E-state index in [1.54, 1.807) is 4.90 Å². The van der Waals surface area contributed by atoms with E-state index >= 15 is 0 Å². The molecule has 22 heavy (non-hydrogen) atoms. The summed E-state index contributed by atoms with van der Waals surface area (Å²) in [6, 6.07) is -1.41. The molecular formula is C16H29N3O3. The highest BCUT2D eigenvalue weighted by molar-refractivity contribution is 5.89. The van der Waals surface area contributed by atoms with E-state index in [1.165, 1.54) is 0 Å². The van der Waals surface area contributed by atoms with Gasteiger partial charge in [-0.2, -0.15) is 0 Å². The normalized spacial score (nSPS) is 20.5. The van der Waals surface area contributed by atoms with Crippen LogP contribution in [0.4, 0.5) is 4.79 Å². The Balaban J connectivity index is 2.87. The molecule has 0 radical (unpaired) electrons. The molecule has 126 valence electrons. The fourth-order valence-electron chi connectivity index (χ4n) is 2.53. The fraction of sp³-hybridized carbons (Fsp3) is 0.812. The molecule has 6 heteroatoms. The minimum absolute atomic E-state index is 0.189. The number of hydrogen-bond donors (Lipinski definition) is 2. The first-order chi connectivity index (χ1) is 9.95. The van der Waals surface area contributed by atoms with E-state index in [2.05, 4.69) is 10.6 Å². The van der Waals surface area contributed by atoms with Gasteiger partial charge in [-0.1, -0.05) is 20.8 Å². The van der Waals surface area contributed by atoms with E-state index in [0.29, 0.717) is 13.0 Å². The highest BCUT2D eigenvalue weighted by Gasteiger charge is 2.39. The summed E-state index contributed by atoms with van der Waals surface area (Å²) < 4.78 is 0. The average molecular weight is 311 g/mol. The molecule has 2 unspecified atom stereocenters. The minimum Gasteiger partial charge on any atom is -0.334 e. The first kappa shape index (κ1) is 18.5. The Morgan fingerprint density at radius 1 is 1.18 bits per heavy atom. The van der Waals surface area contributed by atoms with Gasteiger partial charge in [-0.05, 0) is 39.0 Å². The second-order valence-corrected chi connectivity index (χ2v) is 8.02. The van der Waals surface area contributed by atoms with Gasteiger partial charge in [0.15, 0.2) is 0 Å². The lowest BCUT2D eigenvalue weighted by molar-refractivity contribution is -0.138. The summed E-state index contributed by atoms with van der Waals surface area (Å²) in [6.07, 6.45) is 2.33. The SMILES string of the molecule is CC(C)(C)NC(=O)NC(C(=O)N1CCCC1C=O)C(C)(C)C. The summed E-state index contributed by atoms with van der Waals surface area (Å²) in [6.45, 7) is 11.9. The summed E-state index contributed by atoms with van der Waals surface area (Å²) >= 11 is 0. The topological polar surface area (TPSA) is 78.5 Å². The maximum atomic E-state index is 12.8. The van der Waals surface area contributed by atoms with Gasteiger partial charge in [-0.3, -0.25) is 4.79 Å². The molecule has 2 atom stereocenters. The van der Waals surface area contributed by atoms with Gasteiger partial charge in [0.1, 0.15) is 12.3 Å². The molecule has 3 amide bonds. The van der Waals surface area contributed by atoms with Gasteiger partial charge in [-0.25, -0.2) is 4.79 Å². The highest BCUT2D eigenvalue weighted by Crippen LogP contribution is 2.25. The van der Waals surface area contributed by atoms with Crippen LogP contribution in [0.3, 0.4) is 0 Å². The van der Waals surface area contributed by atoms with Gasteiger partial charge in [-0.15, -0.1) is 0 Å². The number of aldehydes is 1. The zero-order valence-electron chi connectivity index (χ0n) is 14.5. The summed E-state index contributed by atoms with van der Waals surface area (Å²) in [5.74, 6) is -0.189. The maximum absolute atomic E-state index is 12.8. The fourth-order valence-corrected chi connectivity index (χ4v) is 2.53. The third-order valence-corrected chi connectivity index (χ3v) is 3.62. The van der Waals surface area contributed by atoms with Crippen molar-refractivity contribution in [1.29, 1.82) is 0 Å². The van der Waals surface area contributed by atoms with Crippen LogP contribution in [0, 0.1) is 5.41 Å². The summed E-state index contributed by atoms with van der Waals surface area (Å²) in [4.78, 5) is 37.6. The Kier molecular flexibility index (Phi) is 5.59. The predicted octanol–water partition coefficient (Wildman–Crippen LogP) is 1.69. The van der Waals surface area contributed by atoms with E-state index < -0.39 is 11.5 Å². The Morgan fingerprint density at radius 2 is 1.77 bits per heavy atom. The molecule has 0 aliphatic carbocycles. The van der Waals surface area contributed by atoms with E-state index in [9.17, 15) is 14.4 Å². The number of nitrogens with zero attached hydrogens (tertiary/aromatic N) is 1. The van der Waals surface area contributed by atoms with Crippen molar-refractivity contribution in [2.75, 3.05) is 6.54 Å². The van der Waals surface area contributed by atoms with Crippen molar-refractivity contribution in [2.24, 2.45) is 5.41 Å². The molecule has 0 aromatic rings. The van der Waals surface area contributed by atoms with Gasteiger partial charge in [0, 0.05) is 12.1 Å². The van der Waals surface area contributed by atoms with Crippen LogP contribution in [0.15, 0.2) is 0 Å². The number of likely N-dealkylation sites (tertiary alicyclic amines) is 1. The molecule has 1 heterocycles. The van der Waals surface area contributed by atoms with E-state index in [0.717, 1.165) is 12.7 Å². The Labute approximate surface area is 133 Å². The Bertz CT molecular complexity index is 435. The lowest BCUT2D eigenvalue weighted by Gasteiger charge is -2.35. The average Bonchev–Trinajstić information content (AvgIpc) is 2.79. The smallest absolute Gasteiger partial charge is 0.315 e. The van der Waals surface area contributed by atoms with Crippen molar-refractivity contribution in [3.05, 3.63) is 0 Å². The summed E-state index contributed by atoms with van der Waals surface area (Å²) in [7, 11) is 0. The van der Waals surface area contributed by atoms with Gasteiger partial charge >= 0.3 is 6.03 Å². The van der Waals surface area contributed by atoms with Crippen LogP contribution in [0.25, 0.3) is 0 Å². The van der Waals surface area contributed by atoms with Crippen LogP contribution in [0.2, 0.25) is 0 Å². The van der Waals surface area contributed by atoms with Crippen molar-refractivity contribution in [3.8, 4) is 0 Å². The maximum Gasteiger partial charge on any atom is 0.315 e. The number of carbonyl (C=O) groups is 3. The van der Waals surface area contributed by atoms with Gasteiger partial charge in [0.05, 0.1) is 6.04 Å². The molecule has 0 spiro atoms. The summed E-state index contributed by atoms with van der Waals surface area (Å²) in [5, 5.41) is 5.58. The quantitative estimate of drug-likeness (QED) is 0.779. The number of amides is 3. The number of carbonyl (C=O) groups excluding carboxylic acids is 3. The highest BCUT2D eigenvalue weighted by atomic mass is 16.2. The molecule has 1 aliphatic heterocycles. The third-order valence-electron chi connectivity index (χ3n) is 3.62. The van der Waals surface area contributed by atoms with Crippen LogP contribution in [-0.2, 0) is 9.59 Å². The van der Waals surface area contributed by atoms with Crippen LogP contribution in [-0.4, -0.2) is 47.3 Å². The standard InChI is InChI=1S/C16H29N3O3/c1-15(2,3)12(17-14(22)18-16(4,5)6)13(21)19-9-7-8-11(19)10-20/h10-12H,7-9H2,1-6H3,(H2,17,18,22). The van der Waals surface area contributed by atoms with Gasteiger partial charge in [0.2, 0.25) is 5.91 Å². The predicted molar refractivity (Wildman–Crippen MR) is 85.5 cm³/mol.